The normalized spacial score (nSPS) is 17.0. The fourth-order valence-corrected chi connectivity index (χ4v) is 3.59. The van der Waals surface area contributed by atoms with Crippen LogP contribution in [0.4, 0.5) is 0 Å². The Hall–Kier alpha value is -2.24. The van der Waals surface area contributed by atoms with E-state index in [4.69, 9.17) is 9.47 Å². The molecule has 2 heterocycles. The summed E-state index contributed by atoms with van der Waals surface area (Å²) in [6.07, 6.45) is 1.75. The Balaban J connectivity index is 1.61. The van der Waals surface area contributed by atoms with E-state index < -0.39 is 0 Å². The average Bonchev–Trinajstić information content (AvgIpc) is 2.88. The molecule has 2 aliphatic rings. The summed E-state index contributed by atoms with van der Waals surface area (Å²) >= 11 is 0. The second-order valence-electron chi connectivity index (χ2n) is 7.81. The third-order valence-electron chi connectivity index (χ3n) is 5.13. The van der Waals surface area contributed by atoms with E-state index in [0.717, 1.165) is 35.6 Å². The van der Waals surface area contributed by atoms with Gasteiger partial charge >= 0.3 is 0 Å². The van der Waals surface area contributed by atoms with Gasteiger partial charge < -0.3 is 19.3 Å². The summed E-state index contributed by atoms with van der Waals surface area (Å²) in [5, 5.41) is 0. The number of fused-ring (bicyclic) bond motifs is 1. The summed E-state index contributed by atoms with van der Waals surface area (Å²) in [5.41, 5.74) is 2.01. The van der Waals surface area contributed by atoms with Crippen molar-refractivity contribution in [1.29, 1.82) is 0 Å². The van der Waals surface area contributed by atoms with Gasteiger partial charge in [0.2, 0.25) is 11.8 Å². The van der Waals surface area contributed by atoms with Crippen LogP contribution < -0.4 is 9.47 Å². The Bertz CT molecular complexity index is 702. The van der Waals surface area contributed by atoms with Crippen LogP contribution in [-0.4, -0.2) is 61.0 Å². The van der Waals surface area contributed by atoms with Gasteiger partial charge in [-0.05, 0) is 42.5 Å². The Kier molecular flexibility index (Phi) is 6.24. The third-order valence-corrected chi connectivity index (χ3v) is 5.13. The molecule has 0 aliphatic carbocycles. The van der Waals surface area contributed by atoms with Gasteiger partial charge in [0.05, 0.1) is 6.42 Å². The lowest BCUT2D eigenvalue weighted by molar-refractivity contribution is -0.133. The smallest absolute Gasteiger partial charge is 0.227 e. The van der Waals surface area contributed by atoms with Crippen molar-refractivity contribution >= 4 is 11.8 Å². The maximum Gasteiger partial charge on any atom is 0.227 e. The molecule has 0 bridgehead atoms. The van der Waals surface area contributed by atoms with Crippen molar-refractivity contribution in [2.24, 2.45) is 5.92 Å². The van der Waals surface area contributed by atoms with Crippen LogP contribution in [0.15, 0.2) is 12.1 Å². The Morgan fingerprint density at radius 3 is 2.19 bits per heavy atom. The summed E-state index contributed by atoms with van der Waals surface area (Å²) in [5.74, 6) is 2.13. The van der Waals surface area contributed by atoms with Crippen LogP contribution in [0.25, 0.3) is 0 Å². The van der Waals surface area contributed by atoms with Crippen molar-refractivity contribution in [1.82, 2.24) is 9.80 Å². The standard InChI is InChI=1S/C21H30N2O4/c1-15(2)11-20(24)22-5-4-6-23(8-7-22)21(25)14-17-13-19-18(12-16(17)3)26-9-10-27-19/h12-13,15H,4-11,14H2,1-3H3. The highest BCUT2D eigenvalue weighted by molar-refractivity contribution is 5.80. The lowest BCUT2D eigenvalue weighted by Gasteiger charge is -2.24. The van der Waals surface area contributed by atoms with Gasteiger partial charge in [-0.3, -0.25) is 9.59 Å². The molecule has 0 saturated carbocycles. The van der Waals surface area contributed by atoms with E-state index >= 15 is 0 Å². The molecule has 0 unspecified atom stereocenters. The number of nitrogens with zero attached hydrogens (tertiary/aromatic N) is 2. The van der Waals surface area contributed by atoms with E-state index in [-0.39, 0.29) is 11.8 Å². The number of benzene rings is 1. The molecule has 6 nitrogen and oxygen atoms in total. The van der Waals surface area contributed by atoms with Crippen LogP contribution in [0.2, 0.25) is 0 Å². The van der Waals surface area contributed by atoms with Crippen LogP contribution in [0.1, 0.15) is 37.8 Å². The second kappa shape index (κ2) is 8.63. The van der Waals surface area contributed by atoms with E-state index in [1.807, 2.05) is 28.9 Å². The Morgan fingerprint density at radius 2 is 1.56 bits per heavy atom. The molecule has 1 aromatic carbocycles. The first-order valence-corrected chi connectivity index (χ1v) is 9.88. The molecule has 1 aromatic rings. The molecule has 0 N–H and O–H groups in total. The Labute approximate surface area is 161 Å². The number of carbonyl (C=O) groups excluding carboxylic acids is 2. The lowest BCUT2D eigenvalue weighted by atomic mass is 10.0. The molecule has 1 saturated heterocycles. The summed E-state index contributed by atoms with van der Waals surface area (Å²) in [4.78, 5) is 28.9. The third kappa shape index (κ3) is 4.93. The molecule has 2 aliphatic heterocycles. The zero-order valence-electron chi connectivity index (χ0n) is 16.6. The van der Waals surface area contributed by atoms with Crippen LogP contribution in [0.5, 0.6) is 11.5 Å². The Morgan fingerprint density at radius 1 is 0.963 bits per heavy atom. The number of carbonyl (C=O) groups is 2. The largest absolute Gasteiger partial charge is 0.486 e. The van der Waals surface area contributed by atoms with E-state index in [2.05, 4.69) is 13.8 Å². The molecular weight excluding hydrogens is 344 g/mol. The van der Waals surface area contributed by atoms with E-state index in [1.165, 1.54) is 0 Å². The molecule has 0 atom stereocenters. The van der Waals surface area contributed by atoms with Gasteiger partial charge in [-0.1, -0.05) is 13.8 Å². The van der Waals surface area contributed by atoms with Gasteiger partial charge in [-0.15, -0.1) is 0 Å². The first-order valence-electron chi connectivity index (χ1n) is 9.88. The highest BCUT2D eigenvalue weighted by atomic mass is 16.6. The SMILES string of the molecule is Cc1cc2c(cc1CC(=O)N1CCCN(C(=O)CC(C)C)CC1)OCCO2. The van der Waals surface area contributed by atoms with Crippen molar-refractivity contribution < 1.29 is 19.1 Å². The van der Waals surface area contributed by atoms with Gasteiger partial charge in [-0.25, -0.2) is 0 Å². The number of hydrogen-bond acceptors (Lipinski definition) is 4. The zero-order chi connectivity index (χ0) is 19.4. The van der Waals surface area contributed by atoms with Crippen molar-refractivity contribution in [3.8, 4) is 11.5 Å². The maximum atomic E-state index is 12.8. The predicted octanol–water partition coefficient (Wildman–Crippen LogP) is 2.42. The minimum Gasteiger partial charge on any atom is -0.486 e. The topological polar surface area (TPSA) is 59.1 Å². The number of hydrogen-bond donors (Lipinski definition) is 0. The first kappa shape index (κ1) is 19.5. The van der Waals surface area contributed by atoms with E-state index in [0.29, 0.717) is 51.6 Å². The number of rotatable bonds is 4. The first-order chi connectivity index (χ1) is 12.9. The summed E-state index contributed by atoms with van der Waals surface area (Å²) in [6.45, 7) is 9.87. The van der Waals surface area contributed by atoms with Crippen molar-refractivity contribution in [2.45, 2.75) is 40.0 Å². The fraction of sp³-hybridized carbons (Fsp3) is 0.619. The molecular formula is C21H30N2O4. The van der Waals surface area contributed by atoms with Crippen molar-refractivity contribution in [2.75, 3.05) is 39.4 Å². The second-order valence-corrected chi connectivity index (χ2v) is 7.81. The fourth-order valence-electron chi connectivity index (χ4n) is 3.59. The summed E-state index contributed by atoms with van der Waals surface area (Å²) in [7, 11) is 0. The molecule has 3 rings (SSSR count). The summed E-state index contributed by atoms with van der Waals surface area (Å²) < 4.78 is 11.2. The van der Waals surface area contributed by atoms with Crippen molar-refractivity contribution in [3.63, 3.8) is 0 Å². The minimum absolute atomic E-state index is 0.105. The molecule has 0 spiro atoms. The number of aryl methyl sites for hydroxylation is 1. The number of amides is 2. The lowest BCUT2D eigenvalue weighted by Crippen LogP contribution is -2.38. The molecule has 27 heavy (non-hydrogen) atoms. The van der Waals surface area contributed by atoms with Gasteiger partial charge in [0.25, 0.3) is 0 Å². The van der Waals surface area contributed by atoms with Crippen molar-refractivity contribution in [3.05, 3.63) is 23.3 Å². The number of ether oxygens (including phenoxy) is 2. The highest BCUT2D eigenvalue weighted by Gasteiger charge is 2.23. The molecule has 2 amide bonds. The molecule has 0 radical (unpaired) electrons. The molecule has 6 heteroatoms. The van der Waals surface area contributed by atoms with Crippen LogP contribution in [0, 0.1) is 12.8 Å². The van der Waals surface area contributed by atoms with Gasteiger partial charge in [-0.2, -0.15) is 0 Å². The van der Waals surface area contributed by atoms with E-state index in [1.54, 1.807) is 0 Å². The molecule has 148 valence electrons. The molecule has 0 aromatic heterocycles. The molecule has 1 fully saturated rings. The average molecular weight is 374 g/mol. The maximum absolute atomic E-state index is 12.8. The quantitative estimate of drug-likeness (QED) is 0.812. The minimum atomic E-state index is 0.105. The summed E-state index contributed by atoms with van der Waals surface area (Å²) in [6, 6.07) is 3.88. The highest BCUT2D eigenvalue weighted by Crippen LogP contribution is 2.33. The zero-order valence-corrected chi connectivity index (χ0v) is 16.6. The van der Waals surface area contributed by atoms with Gasteiger partial charge in [0.1, 0.15) is 13.2 Å². The van der Waals surface area contributed by atoms with Crippen LogP contribution in [-0.2, 0) is 16.0 Å². The van der Waals surface area contributed by atoms with Gasteiger partial charge in [0, 0.05) is 32.6 Å². The monoisotopic (exact) mass is 374 g/mol. The van der Waals surface area contributed by atoms with Crippen LogP contribution in [0.3, 0.4) is 0 Å². The van der Waals surface area contributed by atoms with Gasteiger partial charge in [0.15, 0.2) is 11.5 Å². The predicted molar refractivity (Wildman–Crippen MR) is 103 cm³/mol. The van der Waals surface area contributed by atoms with E-state index in [9.17, 15) is 9.59 Å². The van der Waals surface area contributed by atoms with Crippen LogP contribution >= 0.6 is 0 Å².